The minimum absolute atomic E-state index is 0.0804. The normalized spacial score (nSPS) is 15.1. The van der Waals surface area contributed by atoms with Crippen LogP contribution in [0.3, 0.4) is 0 Å². The van der Waals surface area contributed by atoms with E-state index in [0.717, 1.165) is 6.07 Å². The van der Waals surface area contributed by atoms with Crippen molar-refractivity contribution in [3.63, 3.8) is 0 Å². The van der Waals surface area contributed by atoms with E-state index in [-0.39, 0.29) is 11.4 Å². The van der Waals surface area contributed by atoms with Crippen LogP contribution in [0.4, 0.5) is 19.0 Å². The fraction of sp³-hybridized carbons (Fsp3) is 0.318. The van der Waals surface area contributed by atoms with Crippen LogP contribution in [0.25, 0.3) is 10.9 Å². The Bertz CT molecular complexity index is 1100. The smallest absolute Gasteiger partial charge is 0.433 e. The first kappa shape index (κ1) is 20.9. The number of ether oxygens (including phenoxy) is 1. The number of nitrogens with zero attached hydrogens (tertiary/aromatic N) is 4. The van der Waals surface area contributed by atoms with Gasteiger partial charge in [0.05, 0.1) is 12.6 Å². The first-order chi connectivity index (χ1) is 14.9. The number of benzene rings is 1. The summed E-state index contributed by atoms with van der Waals surface area (Å²) >= 11 is 0. The van der Waals surface area contributed by atoms with Crippen molar-refractivity contribution in [1.29, 1.82) is 0 Å². The number of carbonyl (C=O) groups excluding carboxylic acids is 1. The molecule has 0 spiro atoms. The lowest BCUT2D eigenvalue weighted by Gasteiger charge is -2.24. The standard InChI is InChI=1S/C22H21F3N4O2/c1-31-16-5-2-4-15(14-16)21(30)29-11-3-10-28(12-13-29)20-17-6-7-19(22(23,24)25)27-18(17)8-9-26-20/h2,4-9,14H,3,10-13H2,1H3. The lowest BCUT2D eigenvalue weighted by atomic mass is 10.2. The van der Waals surface area contributed by atoms with Crippen molar-refractivity contribution in [2.45, 2.75) is 12.6 Å². The van der Waals surface area contributed by atoms with Gasteiger partial charge in [-0.2, -0.15) is 13.2 Å². The molecule has 0 aliphatic carbocycles. The molecular formula is C22H21F3N4O2. The van der Waals surface area contributed by atoms with Crippen molar-refractivity contribution in [2.24, 2.45) is 0 Å². The number of pyridine rings is 2. The third-order valence-electron chi connectivity index (χ3n) is 5.28. The zero-order valence-electron chi connectivity index (χ0n) is 16.9. The molecule has 0 unspecified atom stereocenters. The molecular weight excluding hydrogens is 409 g/mol. The third-order valence-corrected chi connectivity index (χ3v) is 5.28. The lowest BCUT2D eigenvalue weighted by molar-refractivity contribution is -0.140. The highest BCUT2D eigenvalue weighted by Crippen LogP contribution is 2.31. The monoisotopic (exact) mass is 430 g/mol. The minimum atomic E-state index is -4.50. The van der Waals surface area contributed by atoms with Gasteiger partial charge in [-0.1, -0.05) is 6.07 Å². The van der Waals surface area contributed by atoms with Gasteiger partial charge in [-0.05, 0) is 42.8 Å². The van der Waals surface area contributed by atoms with Crippen LogP contribution in [0.15, 0.2) is 48.7 Å². The zero-order chi connectivity index (χ0) is 22.0. The maximum absolute atomic E-state index is 13.0. The van der Waals surface area contributed by atoms with E-state index in [1.54, 1.807) is 36.3 Å². The Labute approximate surface area is 177 Å². The van der Waals surface area contributed by atoms with Crippen LogP contribution >= 0.6 is 0 Å². The molecule has 1 aliphatic heterocycles. The second-order valence-corrected chi connectivity index (χ2v) is 7.26. The quantitative estimate of drug-likeness (QED) is 0.629. The fourth-order valence-electron chi connectivity index (χ4n) is 3.72. The molecule has 1 saturated heterocycles. The molecule has 0 radical (unpaired) electrons. The van der Waals surface area contributed by atoms with Gasteiger partial charge in [0, 0.05) is 43.3 Å². The first-order valence-electron chi connectivity index (χ1n) is 9.88. The number of alkyl halides is 3. The van der Waals surface area contributed by atoms with Crippen LogP contribution in [0.1, 0.15) is 22.5 Å². The van der Waals surface area contributed by atoms with Crippen LogP contribution in [-0.2, 0) is 6.18 Å². The van der Waals surface area contributed by atoms with E-state index >= 15 is 0 Å². The number of amides is 1. The Hall–Kier alpha value is -3.36. The van der Waals surface area contributed by atoms with Crippen LogP contribution in [0, 0.1) is 0 Å². The molecule has 1 aliphatic rings. The fourth-order valence-corrected chi connectivity index (χ4v) is 3.72. The number of hydrogen-bond acceptors (Lipinski definition) is 5. The molecule has 0 N–H and O–H groups in total. The Kier molecular flexibility index (Phi) is 5.67. The van der Waals surface area contributed by atoms with E-state index in [4.69, 9.17) is 4.74 Å². The summed E-state index contributed by atoms with van der Waals surface area (Å²) in [7, 11) is 1.55. The van der Waals surface area contributed by atoms with Gasteiger partial charge in [-0.25, -0.2) is 9.97 Å². The van der Waals surface area contributed by atoms with E-state index < -0.39 is 11.9 Å². The predicted octanol–water partition coefficient (Wildman–Crippen LogP) is 4.01. The molecule has 1 aromatic carbocycles. The third kappa shape index (κ3) is 4.40. The molecule has 162 valence electrons. The van der Waals surface area contributed by atoms with E-state index in [9.17, 15) is 18.0 Å². The molecule has 3 heterocycles. The van der Waals surface area contributed by atoms with Crippen molar-refractivity contribution in [1.82, 2.24) is 14.9 Å². The highest BCUT2D eigenvalue weighted by Gasteiger charge is 2.32. The number of halogens is 3. The molecule has 1 amide bonds. The van der Waals surface area contributed by atoms with Gasteiger partial charge >= 0.3 is 6.18 Å². The van der Waals surface area contributed by atoms with Crippen LogP contribution < -0.4 is 9.64 Å². The van der Waals surface area contributed by atoms with Crippen molar-refractivity contribution < 1.29 is 22.7 Å². The average molecular weight is 430 g/mol. The zero-order valence-corrected chi connectivity index (χ0v) is 16.9. The SMILES string of the molecule is COc1cccc(C(=O)N2CCCN(c3nccc4nc(C(F)(F)F)ccc34)CC2)c1. The molecule has 3 aromatic rings. The van der Waals surface area contributed by atoms with Crippen molar-refractivity contribution >= 4 is 22.6 Å². The van der Waals surface area contributed by atoms with E-state index in [1.165, 1.54) is 18.3 Å². The van der Waals surface area contributed by atoms with Crippen molar-refractivity contribution in [3.05, 3.63) is 59.9 Å². The van der Waals surface area contributed by atoms with Gasteiger partial charge in [-0.3, -0.25) is 4.79 Å². The number of hydrogen-bond donors (Lipinski definition) is 0. The van der Waals surface area contributed by atoms with E-state index in [1.807, 2.05) is 4.90 Å². The van der Waals surface area contributed by atoms with Gasteiger partial charge in [0.15, 0.2) is 0 Å². The summed E-state index contributed by atoms with van der Waals surface area (Å²) in [4.78, 5) is 24.9. The lowest BCUT2D eigenvalue weighted by Crippen LogP contribution is -2.35. The second kappa shape index (κ2) is 8.41. The number of fused-ring (bicyclic) bond motifs is 1. The molecule has 2 aromatic heterocycles. The second-order valence-electron chi connectivity index (χ2n) is 7.26. The van der Waals surface area contributed by atoms with Gasteiger partial charge < -0.3 is 14.5 Å². The highest BCUT2D eigenvalue weighted by atomic mass is 19.4. The predicted molar refractivity (Wildman–Crippen MR) is 110 cm³/mol. The first-order valence-corrected chi connectivity index (χ1v) is 9.88. The minimum Gasteiger partial charge on any atom is -0.497 e. The molecule has 31 heavy (non-hydrogen) atoms. The van der Waals surface area contributed by atoms with Crippen molar-refractivity contribution in [2.75, 3.05) is 38.2 Å². The Morgan fingerprint density at radius 2 is 1.90 bits per heavy atom. The number of rotatable bonds is 3. The highest BCUT2D eigenvalue weighted by molar-refractivity contribution is 5.95. The maximum Gasteiger partial charge on any atom is 0.433 e. The Morgan fingerprint density at radius 3 is 2.68 bits per heavy atom. The maximum atomic E-state index is 13.0. The summed E-state index contributed by atoms with van der Waals surface area (Å²) in [6.45, 7) is 2.20. The van der Waals surface area contributed by atoms with Gasteiger partial charge in [0.2, 0.25) is 0 Å². The van der Waals surface area contributed by atoms with Gasteiger partial charge in [0.1, 0.15) is 17.3 Å². The van der Waals surface area contributed by atoms with Gasteiger partial charge in [-0.15, -0.1) is 0 Å². The van der Waals surface area contributed by atoms with E-state index in [0.29, 0.717) is 55.1 Å². The summed E-state index contributed by atoms with van der Waals surface area (Å²) in [5.74, 6) is 1.12. The van der Waals surface area contributed by atoms with Crippen LogP contribution in [0.2, 0.25) is 0 Å². The summed E-state index contributed by atoms with van der Waals surface area (Å²) in [6, 6.07) is 10.9. The molecule has 6 nitrogen and oxygen atoms in total. The summed E-state index contributed by atoms with van der Waals surface area (Å²) in [5.41, 5.74) is -0.128. The Morgan fingerprint density at radius 1 is 1.06 bits per heavy atom. The number of carbonyl (C=O) groups is 1. The average Bonchev–Trinajstić information content (AvgIpc) is 3.03. The number of aromatic nitrogens is 2. The van der Waals surface area contributed by atoms with Crippen LogP contribution in [-0.4, -0.2) is 54.1 Å². The summed E-state index contributed by atoms with van der Waals surface area (Å²) < 4.78 is 44.2. The molecule has 4 rings (SSSR count). The Balaban J connectivity index is 1.55. The number of methoxy groups -OCH3 is 1. The largest absolute Gasteiger partial charge is 0.497 e. The molecule has 0 bridgehead atoms. The summed E-state index contributed by atoms with van der Waals surface area (Å²) in [6.07, 6.45) is -2.32. The molecule has 1 fully saturated rings. The van der Waals surface area contributed by atoms with E-state index in [2.05, 4.69) is 9.97 Å². The van der Waals surface area contributed by atoms with Crippen LogP contribution in [0.5, 0.6) is 5.75 Å². The van der Waals surface area contributed by atoms with Gasteiger partial charge in [0.25, 0.3) is 5.91 Å². The number of anilines is 1. The van der Waals surface area contributed by atoms with Crippen molar-refractivity contribution in [3.8, 4) is 5.75 Å². The molecule has 9 heteroatoms. The topological polar surface area (TPSA) is 58.6 Å². The molecule has 0 saturated carbocycles. The summed E-state index contributed by atoms with van der Waals surface area (Å²) in [5, 5.41) is 0.558. The molecule has 0 atom stereocenters.